The number of hydrogen-bond donors (Lipinski definition) is 0. The van der Waals surface area contributed by atoms with Gasteiger partial charge in [-0.15, -0.1) is 10.2 Å². The van der Waals surface area contributed by atoms with Crippen molar-refractivity contribution in [3.8, 4) is 17.0 Å². The van der Waals surface area contributed by atoms with Crippen LogP contribution in [-0.2, 0) is 0 Å². The highest BCUT2D eigenvalue weighted by molar-refractivity contribution is 5.60. The number of aromatic nitrogens is 4. The van der Waals surface area contributed by atoms with Crippen LogP contribution in [0.15, 0.2) is 48.7 Å². The van der Waals surface area contributed by atoms with Crippen LogP contribution in [-0.4, -0.2) is 53.0 Å². The average molecular weight is 376 g/mol. The van der Waals surface area contributed by atoms with E-state index in [2.05, 4.69) is 30.0 Å². The van der Waals surface area contributed by atoms with Crippen LogP contribution < -0.4 is 14.5 Å². The Hall–Kier alpha value is -3.22. The Morgan fingerprint density at radius 3 is 2.29 bits per heavy atom. The average Bonchev–Trinajstić information content (AvgIpc) is 2.75. The maximum absolute atomic E-state index is 5.49. The molecule has 1 aliphatic heterocycles. The molecule has 144 valence electrons. The summed E-state index contributed by atoms with van der Waals surface area (Å²) in [4.78, 5) is 13.4. The number of aryl methyl sites for hydroxylation is 1. The molecule has 0 radical (unpaired) electrons. The van der Waals surface area contributed by atoms with Gasteiger partial charge in [0.15, 0.2) is 5.82 Å². The second kappa shape index (κ2) is 8.21. The molecule has 0 amide bonds. The van der Waals surface area contributed by atoms with E-state index in [0.717, 1.165) is 60.6 Å². The Morgan fingerprint density at radius 2 is 1.64 bits per heavy atom. The van der Waals surface area contributed by atoms with Gasteiger partial charge in [0.25, 0.3) is 0 Å². The number of nitrogens with zero attached hydrogens (tertiary/aromatic N) is 6. The van der Waals surface area contributed by atoms with E-state index in [4.69, 9.17) is 4.74 Å². The van der Waals surface area contributed by atoms with Crippen molar-refractivity contribution >= 4 is 11.8 Å². The first-order chi connectivity index (χ1) is 13.7. The maximum Gasteiger partial charge on any atom is 0.225 e. The molecule has 0 N–H and O–H groups in total. The molecule has 1 aliphatic rings. The lowest BCUT2D eigenvalue weighted by molar-refractivity contribution is 0.340. The minimum atomic E-state index is 0.664. The maximum atomic E-state index is 5.49. The fourth-order valence-electron chi connectivity index (χ4n) is 3.26. The third-order valence-corrected chi connectivity index (χ3v) is 4.78. The van der Waals surface area contributed by atoms with E-state index in [1.165, 1.54) is 0 Å². The number of rotatable bonds is 5. The third-order valence-electron chi connectivity index (χ3n) is 4.78. The van der Waals surface area contributed by atoms with Crippen molar-refractivity contribution < 1.29 is 4.74 Å². The second-order valence-electron chi connectivity index (χ2n) is 6.71. The zero-order valence-electron chi connectivity index (χ0n) is 16.2. The van der Waals surface area contributed by atoms with Crippen LogP contribution in [0.25, 0.3) is 11.3 Å². The minimum absolute atomic E-state index is 0.664. The first kappa shape index (κ1) is 18.2. The highest BCUT2D eigenvalue weighted by Gasteiger charge is 2.20. The Kier molecular flexibility index (Phi) is 5.32. The summed E-state index contributed by atoms with van der Waals surface area (Å²) in [5.74, 6) is 2.57. The number of hydrogen-bond acceptors (Lipinski definition) is 7. The third kappa shape index (κ3) is 4.03. The molecule has 0 atom stereocenters. The molecule has 0 unspecified atom stereocenters. The van der Waals surface area contributed by atoms with E-state index >= 15 is 0 Å². The first-order valence-corrected chi connectivity index (χ1v) is 9.59. The molecule has 28 heavy (non-hydrogen) atoms. The lowest BCUT2D eigenvalue weighted by Gasteiger charge is -2.35. The van der Waals surface area contributed by atoms with Crippen molar-refractivity contribution in [1.82, 2.24) is 20.2 Å². The van der Waals surface area contributed by atoms with Crippen molar-refractivity contribution in [2.45, 2.75) is 13.8 Å². The summed E-state index contributed by atoms with van der Waals surface area (Å²) in [6, 6.07) is 13.9. The van der Waals surface area contributed by atoms with E-state index in [9.17, 15) is 0 Å². The van der Waals surface area contributed by atoms with Gasteiger partial charge in [-0.3, -0.25) is 0 Å². The number of piperazine rings is 1. The topological polar surface area (TPSA) is 67.3 Å². The van der Waals surface area contributed by atoms with Crippen LogP contribution >= 0.6 is 0 Å². The molecule has 1 saturated heterocycles. The van der Waals surface area contributed by atoms with E-state index < -0.39 is 0 Å². The summed E-state index contributed by atoms with van der Waals surface area (Å²) in [6.07, 6.45) is 1.81. The van der Waals surface area contributed by atoms with Crippen LogP contribution in [0, 0.1) is 6.92 Å². The predicted octanol–water partition coefficient (Wildman–Crippen LogP) is 2.97. The fourth-order valence-corrected chi connectivity index (χ4v) is 3.26. The Morgan fingerprint density at radius 1 is 0.893 bits per heavy atom. The standard InChI is InChI=1S/C21H24N6O/c1-3-28-18-6-4-17(5-7-18)19-8-9-20(25-24-19)26-12-14-27(15-13-26)21-22-11-10-16(2)23-21/h4-11H,3,12-15H2,1-2H3. The summed E-state index contributed by atoms with van der Waals surface area (Å²) >= 11 is 0. The summed E-state index contributed by atoms with van der Waals surface area (Å²) < 4.78 is 5.49. The van der Waals surface area contributed by atoms with Crippen LogP contribution in [0.1, 0.15) is 12.6 Å². The normalized spacial score (nSPS) is 14.2. The van der Waals surface area contributed by atoms with Crippen molar-refractivity contribution in [2.24, 2.45) is 0 Å². The van der Waals surface area contributed by atoms with Crippen LogP contribution in [0.2, 0.25) is 0 Å². The molecule has 1 fully saturated rings. The molecule has 1 aromatic carbocycles. The fraction of sp³-hybridized carbons (Fsp3) is 0.333. The Labute approximate surface area is 165 Å². The molecule has 7 heteroatoms. The van der Waals surface area contributed by atoms with Crippen LogP contribution in [0.5, 0.6) is 5.75 Å². The largest absolute Gasteiger partial charge is 0.494 e. The molecule has 0 aliphatic carbocycles. The Bertz CT molecular complexity index is 905. The van der Waals surface area contributed by atoms with Gasteiger partial charge in [-0.2, -0.15) is 0 Å². The van der Waals surface area contributed by atoms with Gasteiger partial charge in [0.2, 0.25) is 5.95 Å². The zero-order valence-corrected chi connectivity index (χ0v) is 16.2. The number of ether oxygens (including phenoxy) is 1. The van der Waals surface area contributed by atoms with Gasteiger partial charge in [0.1, 0.15) is 5.75 Å². The quantitative estimate of drug-likeness (QED) is 0.678. The lowest BCUT2D eigenvalue weighted by Crippen LogP contribution is -2.47. The molecule has 4 rings (SSSR count). The predicted molar refractivity (Wildman–Crippen MR) is 110 cm³/mol. The molecule has 3 heterocycles. The van der Waals surface area contributed by atoms with E-state index in [0.29, 0.717) is 6.61 Å². The highest BCUT2D eigenvalue weighted by atomic mass is 16.5. The zero-order chi connectivity index (χ0) is 19.3. The lowest BCUT2D eigenvalue weighted by atomic mass is 10.1. The first-order valence-electron chi connectivity index (χ1n) is 9.59. The monoisotopic (exact) mass is 376 g/mol. The number of anilines is 2. The van der Waals surface area contributed by atoms with E-state index in [1.54, 1.807) is 0 Å². The highest BCUT2D eigenvalue weighted by Crippen LogP contribution is 2.22. The van der Waals surface area contributed by atoms with Crippen LogP contribution in [0.3, 0.4) is 0 Å². The minimum Gasteiger partial charge on any atom is -0.494 e. The molecule has 3 aromatic rings. The summed E-state index contributed by atoms with van der Waals surface area (Å²) in [5, 5.41) is 8.86. The molecule has 0 spiro atoms. The smallest absolute Gasteiger partial charge is 0.225 e. The Balaban J connectivity index is 1.39. The molecule has 2 aromatic heterocycles. The summed E-state index contributed by atoms with van der Waals surface area (Å²) in [5.41, 5.74) is 2.88. The van der Waals surface area contributed by atoms with Gasteiger partial charge in [-0.25, -0.2) is 9.97 Å². The van der Waals surface area contributed by atoms with Crippen LogP contribution in [0.4, 0.5) is 11.8 Å². The molecule has 0 saturated carbocycles. The SMILES string of the molecule is CCOc1ccc(-c2ccc(N3CCN(c4nccc(C)n4)CC3)nn2)cc1. The van der Waals surface area contributed by atoms with Gasteiger partial charge < -0.3 is 14.5 Å². The summed E-state index contributed by atoms with van der Waals surface area (Å²) in [7, 11) is 0. The molecular weight excluding hydrogens is 352 g/mol. The van der Waals surface area contributed by atoms with Gasteiger partial charge in [-0.1, -0.05) is 0 Å². The van der Waals surface area contributed by atoms with Gasteiger partial charge in [0, 0.05) is 43.6 Å². The van der Waals surface area contributed by atoms with Gasteiger partial charge in [0.05, 0.1) is 12.3 Å². The van der Waals surface area contributed by atoms with Crippen molar-refractivity contribution in [3.05, 3.63) is 54.4 Å². The van der Waals surface area contributed by atoms with Crippen molar-refractivity contribution in [3.63, 3.8) is 0 Å². The van der Waals surface area contributed by atoms with Crippen molar-refractivity contribution in [1.29, 1.82) is 0 Å². The second-order valence-corrected chi connectivity index (χ2v) is 6.71. The molecular formula is C21H24N6O. The van der Waals surface area contributed by atoms with Gasteiger partial charge >= 0.3 is 0 Å². The molecule has 0 bridgehead atoms. The summed E-state index contributed by atoms with van der Waals surface area (Å²) in [6.45, 7) is 8.10. The van der Waals surface area contributed by atoms with Gasteiger partial charge in [-0.05, 0) is 56.3 Å². The van der Waals surface area contributed by atoms with E-state index in [-0.39, 0.29) is 0 Å². The van der Waals surface area contributed by atoms with Crippen molar-refractivity contribution in [2.75, 3.05) is 42.6 Å². The molecule has 7 nitrogen and oxygen atoms in total. The number of benzene rings is 1. The van der Waals surface area contributed by atoms with E-state index in [1.807, 2.05) is 62.5 Å².